The summed E-state index contributed by atoms with van der Waals surface area (Å²) in [5, 5.41) is 13.8. The molecule has 0 aromatic carbocycles. The number of nitrogens with zero attached hydrogens (tertiary/aromatic N) is 5. The largest absolute Gasteiger partial charge is 0.264 e. The number of hydrogen-bond donors (Lipinski definition) is 0. The Hall–Kier alpha value is -1.95. The van der Waals surface area contributed by atoms with Gasteiger partial charge in [0.25, 0.3) is 0 Å². The zero-order chi connectivity index (χ0) is 13.9. The molecule has 3 heterocycles. The van der Waals surface area contributed by atoms with Crippen molar-refractivity contribution in [2.75, 3.05) is 5.75 Å². The van der Waals surface area contributed by atoms with Crippen molar-refractivity contribution in [3.05, 3.63) is 36.7 Å². The van der Waals surface area contributed by atoms with Gasteiger partial charge in [0.05, 0.1) is 5.69 Å². The third kappa shape index (κ3) is 2.65. The van der Waals surface area contributed by atoms with Gasteiger partial charge in [-0.25, -0.2) is 0 Å². The third-order valence-electron chi connectivity index (χ3n) is 2.74. The Bertz CT molecular complexity index is 708. The minimum atomic E-state index is 0.605. The van der Waals surface area contributed by atoms with Crippen LogP contribution >= 0.6 is 11.8 Å². The summed E-state index contributed by atoms with van der Waals surface area (Å²) in [5.74, 6) is 1.61. The van der Waals surface area contributed by atoms with Crippen molar-refractivity contribution >= 4 is 17.4 Å². The minimum absolute atomic E-state index is 0.605. The molecule has 5 nitrogen and oxygen atoms in total. The van der Waals surface area contributed by atoms with Crippen molar-refractivity contribution < 1.29 is 0 Å². The zero-order valence-electron chi connectivity index (χ0n) is 11.4. The average molecular weight is 285 g/mol. The number of hydrogen-bond acceptors (Lipinski definition) is 5. The molecule has 0 saturated heterocycles. The van der Waals surface area contributed by atoms with Crippen LogP contribution < -0.4 is 0 Å². The van der Waals surface area contributed by atoms with Crippen LogP contribution in [0.4, 0.5) is 0 Å². The van der Waals surface area contributed by atoms with Crippen molar-refractivity contribution in [1.29, 1.82) is 0 Å². The van der Waals surface area contributed by atoms with Gasteiger partial charge in [-0.3, -0.25) is 4.98 Å². The summed E-state index contributed by atoms with van der Waals surface area (Å²) in [6.07, 6.45) is 3.56. The van der Waals surface area contributed by atoms with Crippen LogP contribution in [0.3, 0.4) is 0 Å². The predicted octanol–water partition coefficient (Wildman–Crippen LogP) is 2.93. The van der Waals surface area contributed by atoms with Gasteiger partial charge in [0.15, 0.2) is 5.65 Å². The number of rotatable bonds is 4. The van der Waals surface area contributed by atoms with Gasteiger partial charge < -0.3 is 0 Å². The van der Waals surface area contributed by atoms with Gasteiger partial charge in [-0.2, -0.15) is 9.61 Å². The monoisotopic (exact) mass is 285 g/mol. The van der Waals surface area contributed by atoms with Crippen molar-refractivity contribution in [2.24, 2.45) is 5.92 Å². The first kappa shape index (κ1) is 13.1. The molecule has 0 saturated carbocycles. The lowest BCUT2D eigenvalue weighted by Crippen LogP contribution is -1.98. The molecule has 0 bridgehead atoms. The Balaban J connectivity index is 1.99. The second kappa shape index (κ2) is 5.58. The Morgan fingerprint density at radius 1 is 1.20 bits per heavy atom. The van der Waals surface area contributed by atoms with Crippen LogP contribution in [0.5, 0.6) is 0 Å². The fraction of sp³-hybridized carbons (Fsp3) is 0.286. The van der Waals surface area contributed by atoms with E-state index < -0.39 is 0 Å². The summed E-state index contributed by atoms with van der Waals surface area (Å²) in [4.78, 5) is 4.13. The molecule has 0 radical (unpaired) electrons. The molecular formula is C14H15N5S. The van der Waals surface area contributed by atoms with E-state index in [0.717, 1.165) is 27.8 Å². The van der Waals surface area contributed by atoms with Gasteiger partial charge in [-0.05, 0) is 30.2 Å². The molecule has 3 aromatic rings. The van der Waals surface area contributed by atoms with Crippen molar-refractivity contribution in [3.8, 4) is 11.3 Å². The molecule has 20 heavy (non-hydrogen) atoms. The zero-order valence-corrected chi connectivity index (χ0v) is 12.2. The van der Waals surface area contributed by atoms with Crippen molar-refractivity contribution in [1.82, 2.24) is 24.8 Å². The Kier molecular flexibility index (Phi) is 3.64. The topological polar surface area (TPSA) is 56.0 Å². The van der Waals surface area contributed by atoms with Crippen LogP contribution in [0.25, 0.3) is 16.9 Å². The van der Waals surface area contributed by atoms with E-state index in [1.165, 1.54) is 0 Å². The molecule has 0 fully saturated rings. The summed E-state index contributed by atoms with van der Waals surface area (Å²) in [5.41, 5.74) is 2.63. The number of fused-ring (bicyclic) bond motifs is 1. The molecule has 0 atom stereocenters. The van der Waals surface area contributed by atoms with Gasteiger partial charge in [-0.1, -0.05) is 25.6 Å². The quantitative estimate of drug-likeness (QED) is 0.690. The summed E-state index contributed by atoms with van der Waals surface area (Å²) in [7, 11) is 0. The Morgan fingerprint density at radius 3 is 2.85 bits per heavy atom. The molecule has 0 spiro atoms. The predicted molar refractivity (Wildman–Crippen MR) is 79.6 cm³/mol. The van der Waals surface area contributed by atoms with Crippen LogP contribution in [-0.4, -0.2) is 30.5 Å². The van der Waals surface area contributed by atoms with Gasteiger partial charge in [0, 0.05) is 23.7 Å². The van der Waals surface area contributed by atoms with Crippen LogP contribution in [0.1, 0.15) is 13.8 Å². The van der Waals surface area contributed by atoms with E-state index in [9.17, 15) is 0 Å². The molecule has 3 aromatic heterocycles. The first-order valence-electron chi connectivity index (χ1n) is 6.49. The van der Waals surface area contributed by atoms with E-state index in [0.29, 0.717) is 5.92 Å². The van der Waals surface area contributed by atoms with Gasteiger partial charge in [-0.15, -0.1) is 10.2 Å². The highest BCUT2D eigenvalue weighted by molar-refractivity contribution is 7.99. The summed E-state index contributed by atoms with van der Waals surface area (Å²) < 4.78 is 1.80. The Morgan fingerprint density at radius 2 is 2.10 bits per heavy atom. The van der Waals surface area contributed by atoms with E-state index in [-0.39, 0.29) is 0 Å². The molecule has 102 valence electrons. The van der Waals surface area contributed by atoms with Crippen LogP contribution in [0.2, 0.25) is 0 Å². The minimum Gasteiger partial charge on any atom is -0.264 e. The van der Waals surface area contributed by atoms with Crippen LogP contribution in [0.15, 0.2) is 41.8 Å². The van der Waals surface area contributed by atoms with Gasteiger partial charge >= 0.3 is 0 Å². The molecular weight excluding hydrogens is 270 g/mol. The summed E-state index contributed by atoms with van der Waals surface area (Å²) in [6.45, 7) is 4.37. The average Bonchev–Trinajstić information content (AvgIpc) is 2.88. The highest BCUT2D eigenvalue weighted by Gasteiger charge is 2.09. The second-order valence-corrected chi connectivity index (χ2v) is 5.90. The molecule has 3 rings (SSSR count). The first-order chi connectivity index (χ1) is 9.74. The lowest BCUT2D eigenvalue weighted by Gasteiger charge is -2.04. The smallest absolute Gasteiger partial charge is 0.212 e. The maximum atomic E-state index is 4.61. The first-order valence-corrected chi connectivity index (χ1v) is 7.48. The lowest BCUT2D eigenvalue weighted by atomic mass is 10.2. The van der Waals surface area contributed by atoms with Crippen molar-refractivity contribution in [2.45, 2.75) is 19.0 Å². The highest BCUT2D eigenvalue weighted by Crippen LogP contribution is 2.21. The lowest BCUT2D eigenvalue weighted by molar-refractivity contribution is 0.742. The third-order valence-corrected chi connectivity index (χ3v) is 4.08. The van der Waals surface area contributed by atoms with E-state index in [2.05, 4.69) is 34.1 Å². The molecule has 6 heteroatoms. The summed E-state index contributed by atoms with van der Waals surface area (Å²) >= 11 is 1.68. The van der Waals surface area contributed by atoms with Crippen LogP contribution in [0, 0.1) is 5.92 Å². The molecule has 0 amide bonds. The summed E-state index contributed by atoms with van der Waals surface area (Å²) in [6, 6.07) is 7.77. The van der Waals surface area contributed by atoms with Crippen molar-refractivity contribution in [3.63, 3.8) is 0 Å². The number of pyridine rings is 1. The van der Waals surface area contributed by atoms with Gasteiger partial charge in [0.2, 0.25) is 5.16 Å². The standard InChI is InChI=1S/C14H15N5S/c1-10(2)9-20-14-17-16-13-6-5-12(18-19(13)14)11-4-3-7-15-8-11/h3-8,10H,9H2,1-2H3. The number of thioether (sulfide) groups is 1. The molecule has 0 aliphatic carbocycles. The number of aromatic nitrogens is 5. The van der Waals surface area contributed by atoms with Crippen LogP contribution in [-0.2, 0) is 0 Å². The SMILES string of the molecule is CC(C)CSc1nnc2ccc(-c3cccnc3)nn12. The van der Waals surface area contributed by atoms with E-state index >= 15 is 0 Å². The maximum absolute atomic E-state index is 4.61. The van der Waals surface area contributed by atoms with Gasteiger partial charge in [0.1, 0.15) is 0 Å². The molecule has 0 aliphatic heterocycles. The molecule has 0 N–H and O–H groups in total. The fourth-order valence-corrected chi connectivity index (χ4v) is 2.61. The normalized spacial score (nSPS) is 11.3. The van der Waals surface area contributed by atoms with E-state index in [4.69, 9.17) is 0 Å². The second-order valence-electron chi connectivity index (χ2n) is 4.92. The fourth-order valence-electron chi connectivity index (χ4n) is 1.77. The highest BCUT2D eigenvalue weighted by atomic mass is 32.2. The molecule has 0 aliphatic rings. The molecule has 0 unspecified atom stereocenters. The maximum Gasteiger partial charge on any atom is 0.212 e. The Labute approximate surface area is 121 Å². The van der Waals surface area contributed by atoms with E-state index in [1.807, 2.05) is 24.3 Å². The van der Waals surface area contributed by atoms with E-state index in [1.54, 1.807) is 28.7 Å².